The number of aliphatic carboxylic acids is 1. The quantitative estimate of drug-likeness (QED) is 0.297. The number of rotatable bonds is 11. The highest BCUT2D eigenvalue weighted by Crippen LogP contribution is 2.36. The highest BCUT2D eigenvalue weighted by molar-refractivity contribution is 5.66. The third-order valence-electron chi connectivity index (χ3n) is 6.29. The number of ether oxygens (including phenoxy) is 1. The Morgan fingerprint density at radius 1 is 0.838 bits per heavy atom. The summed E-state index contributed by atoms with van der Waals surface area (Å²) in [6.45, 7) is 4.63. The van der Waals surface area contributed by atoms with Gasteiger partial charge in [-0.15, -0.1) is 0 Å². The van der Waals surface area contributed by atoms with Crippen molar-refractivity contribution in [2.75, 3.05) is 39.3 Å². The van der Waals surface area contributed by atoms with Crippen molar-refractivity contribution < 1.29 is 41.0 Å². The predicted octanol–water partition coefficient (Wildman–Crippen LogP) is 5.72. The fraction of sp³-hybridized carbons (Fsp3) is 0.500. The number of carbonyl (C=O) groups is 1. The van der Waals surface area contributed by atoms with E-state index in [1.165, 1.54) is 0 Å². The van der Waals surface area contributed by atoms with E-state index in [4.69, 9.17) is 9.84 Å². The normalized spacial score (nSPS) is 15.6. The Balaban J connectivity index is 1.54. The molecule has 5 nitrogen and oxygen atoms in total. The summed E-state index contributed by atoms with van der Waals surface area (Å²) in [6, 6.07) is 8.47. The number of carboxylic acid groups (broad SMARTS) is 1. The maximum absolute atomic E-state index is 13.1. The van der Waals surface area contributed by atoms with E-state index < -0.39 is 36.1 Å². The van der Waals surface area contributed by atoms with Gasteiger partial charge in [0.2, 0.25) is 0 Å². The smallest absolute Gasteiger partial charge is 0.416 e. The Kier molecular flexibility index (Phi) is 9.83. The Morgan fingerprint density at radius 2 is 1.41 bits per heavy atom. The zero-order valence-electron chi connectivity index (χ0n) is 20.2. The van der Waals surface area contributed by atoms with Gasteiger partial charge < -0.3 is 19.6 Å². The summed E-state index contributed by atoms with van der Waals surface area (Å²) in [4.78, 5) is 15.2. The number of unbranched alkanes of at least 4 members (excludes halogenated alkanes) is 1. The summed E-state index contributed by atoms with van der Waals surface area (Å²) < 4.78 is 84.5. The number of alkyl halides is 6. The largest absolute Gasteiger partial charge is 0.489 e. The van der Waals surface area contributed by atoms with Crippen molar-refractivity contribution in [3.05, 3.63) is 64.7 Å². The number of carboxylic acids is 1. The molecular weight excluding hydrogens is 502 g/mol. The van der Waals surface area contributed by atoms with E-state index in [9.17, 15) is 31.1 Å². The van der Waals surface area contributed by atoms with Crippen LogP contribution in [0.3, 0.4) is 0 Å². The van der Waals surface area contributed by atoms with E-state index in [2.05, 4.69) is 9.80 Å². The van der Waals surface area contributed by atoms with Crippen LogP contribution in [0.2, 0.25) is 0 Å². The Labute approximate surface area is 211 Å². The Bertz CT molecular complexity index is 1000. The molecule has 1 fully saturated rings. The molecule has 2 aromatic carbocycles. The zero-order chi connectivity index (χ0) is 27.1. The molecule has 1 heterocycles. The predicted molar refractivity (Wildman–Crippen MR) is 125 cm³/mol. The molecule has 204 valence electrons. The fourth-order valence-corrected chi connectivity index (χ4v) is 4.24. The molecule has 0 bridgehead atoms. The van der Waals surface area contributed by atoms with Crippen molar-refractivity contribution in [2.24, 2.45) is 0 Å². The van der Waals surface area contributed by atoms with Gasteiger partial charge in [0.25, 0.3) is 0 Å². The average Bonchev–Trinajstić information content (AvgIpc) is 2.84. The number of piperazine rings is 1. The second kappa shape index (κ2) is 12.6. The topological polar surface area (TPSA) is 53.0 Å². The van der Waals surface area contributed by atoms with Gasteiger partial charge in [-0.2, -0.15) is 26.3 Å². The highest BCUT2D eigenvalue weighted by atomic mass is 19.4. The maximum Gasteiger partial charge on any atom is 0.416 e. The van der Waals surface area contributed by atoms with Crippen LogP contribution >= 0.6 is 0 Å². The van der Waals surface area contributed by atoms with Crippen LogP contribution in [0, 0.1) is 0 Å². The molecular formula is C26H30F6N2O3. The van der Waals surface area contributed by atoms with Crippen LogP contribution < -0.4 is 4.74 Å². The van der Waals surface area contributed by atoms with Crippen LogP contribution in [0.5, 0.6) is 5.75 Å². The lowest BCUT2D eigenvalue weighted by atomic mass is 10.0. The second-order valence-corrected chi connectivity index (χ2v) is 9.09. The summed E-state index contributed by atoms with van der Waals surface area (Å²) >= 11 is 0. The molecule has 0 aliphatic carbocycles. The minimum absolute atomic E-state index is 0.104. The Morgan fingerprint density at radius 3 is 1.97 bits per heavy atom. The molecule has 0 amide bonds. The lowest BCUT2D eigenvalue weighted by Crippen LogP contribution is -2.47. The van der Waals surface area contributed by atoms with Crippen molar-refractivity contribution >= 4 is 5.97 Å². The van der Waals surface area contributed by atoms with Gasteiger partial charge in [0, 0.05) is 39.1 Å². The first-order valence-electron chi connectivity index (χ1n) is 12.1. The van der Waals surface area contributed by atoms with Crippen LogP contribution in [-0.2, 0) is 30.2 Å². The van der Waals surface area contributed by atoms with E-state index in [-0.39, 0.29) is 18.1 Å². The van der Waals surface area contributed by atoms with Crippen molar-refractivity contribution in [1.82, 2.24) is 9.80 Å². The third-order valence-corrected chi connectivity index (χ3v) is 6.29. The van der Waals surface area contributed by atoms with Gasteiger partial charge in [0.1, 0.15) is 12.4 Å². The van der Waals surface area contributed by atoms with Crippen molar-refractivity contribution in [3.8, 4) is 5.75 Å². The molecule has 3 rings (SSSR count). The molecule has 2 aromatic rings. The van der Waals surface area contributed by atoms with Crippen molar-refractivity contribution in [1.29, 1.82) is 0 Å². The average molecular weight is 533 g/mol. The van der Waals surface area contributed by atoms with Gasteiger partial charge in [-0.05, 0) is 61.2 Å². The SMILES string of the molecule is O=C(O)CCCCN1CCN(CCc2ccccc2OCc2cc(C(F)(F)F)cc(C(F)(F)F)c2)CC1. The summed E-state index contributed by atoms with van der Waals surface area (Å²) in [5.74, 6) is -0.361. The van der Waals surface area contributed by atoms with E-state index in [1.807, 2.05) is 12.1 Å². The molecule has 1 aliphatic rings. The van der Waals surface area contributed by atoms with Crippen LogP contribution in [0.1, 0.15) is 41.5 Å². The second-order valence-electron chi connectivity index (χ2n) is 9.09. The number of benzene rings is 2. The highest BCUT2D eigenvalue weighted by Gasteiger charge is 2.37. The van der Waals surface area contributed by atoms with E-state index >= 15 is 0 Å². The molecule has 1 aliphatic heterocycles. The first-order valence-corrected chi connectivity index (χ1v) is 12.1. The zero-order valence-corrected chi connectivity index (χ0v) is 20.2. The first-order chi connectivity index (χ1) is 17.4. The Hall–Kier alpha value is -2.79. The van der Waals surface area contributed by atoms with Crippen LogP contribution in [-0.4, -0.2) is 60.1 Å². The number of halogens is 6. The number of hydrogen-bond donors (Lipinski definition) is 1. The van der Waals surface area contributed by atoms with Crippen molar-refractivity contribution in [3.63, 3.8) is 0 Å². The van der Waals surface area contributed by atoms with Crippen LogP contribution in [0.15, 0.2) is 42.5 Å². The third kappa shape index (κ3) is 9.23. The van der Waals surface area contributed by atoms with Gasteiger partial charge in [-0.25, -0.2) is 0 Å². The summed E-state index contributed by atoms with van der Waals surface area (Å²) in [5.41, 5.74) is -2.12. The maximum atomic E-state index is 13.1. The molecule has 0 aromatic heterocycles. The molecule has 37 heavy (non-hydrogen) atoms. The van der Waals surface area contributed by atoms with Gasteiger partial charge in [-0.1, -0.05) is 18.2 Å². The molecule has 1 saturated heterocycles. The molecule has 11 heteroatoms. The van der Waals surface area contributed by atoms with Crippen LogP contribution in [0.25, 0.3) is 0 Å². The molecule has 1 N–H and O–H groups in total. The molecule has 0 atom stereocenters. The lowest BCUT2D eigenvalue weighted by molar-refractivity contribution is -0.143. The standard InChI is InChI=1S/C26H30F6N2O3/c27-25(28,29)21-15-19(16-22(17-21)26(30,31)32)18-37-23-6-2-1-5-20(23)8-10-34-13-11-33(12-14-34)9-4-3-7-24(35)36/h1-2,5-6,15-17H,3-4,7-14,18H2,(H,35,36). The fourth-order valence-electron chi connectivity index (χ4n) is 4.24. The number of para-hydroxylation sites is 1. The molecule has 0 radical (unpaired) electrons. The monoisotopic (exact) mass is 532 g/mol. The lowest BCUT2D eigenvalue weighted by Gasteiger charge is -2.34. The summed E-state index contributed by atoms with van der Waals surface area (Å²) in [6.07, 6.45) is -7.52. The molecule has 0 spiro atoms. The van der Waals surface area contributed by atoms with Crippen LogP contribution in [0.4, 0.5) is 26.3 Å². The van der Waals surface area contributed by atoms with E-state index in [0.29, 0.717) is 30.7 Å². The number of hydrogen-bond acceptors (Lipinski definition) is 4. The summed E-state index contributed by atoms with van der Waals surface area (Å²) in [7, 11) is 0. The van der Waals surface area contributed by atoms with E-state index in [0.717, 1.165) is 51.3 Å². The van der Waals surface area contributed by atoms with Crippen molar-refractivity contribution in [2.45, 2.75) is 44.6 Å². The van der Waals surface area contributed by atoms with E-state index in [1.54, 1.807) is 12.1 Å². The van der Waals surface area contributed by atoms with Gasteiger partial charge in [-0.3, -0.25) is 4.79 Å². The minimum Gasteiger partial charge on any atom is -0.489 e. The first kappa shape index (κ1) is 28.8. The number of nitrogens with zero attached hydrogens (tertiary/aromatic N) is 2. The molecule has 0 unspecified atom stereocenters. The molecule has 0 saturated carbocycles. The van der Waals surface area contributed by atoms with Gasteiger partial charge in [0.15, 0.2) is 0 Å². The summed E-state index contributed by atoms with van der Waals surface area (Å²) in [5, 5.41) is 8.72. The minimum atomic E-state index is -4.91. The van der Waals surface area contributed by atoms with Gasteiger partial charge in [0.05, 0.1) is 11.1 Å². The van der Waals surface area contributed by atoms with Gasteiger partial charge >= 0.3 is 18.3 Å².